The molecule has 0 N–H and O–H groups in total. The molecule has 9 heteroatoms. The van der Waals surface area contributed by atoms with Crippen molar-refractivity contribution in [2.45, 2.75) is 6.18 Å². The van der Waals surface area contributed by atoms with E-state index in [4.69, 9.17) is 16.9 Å². The largest absolute Gasteiger partial charge is 0.436 e. The number of halogens is 4. The minimum Gasteiger partial charge on any atom is -0.227 e. The van der Waals surface area contributed by atoms with Gasteiger partial charge in [-0.1, -0.05) is 11.6 Å². The van der Waals surface area contributed by atoms with Crippen molar-refractivity contribution in [1.82, 2.24) is 14.8 Å². The Balaban J connectivity index is 2.66. The molecular weight excluding hydrogens is 277 g/mol. The standard InChI is InChI=1S/C8H2ClF3N4S/c9-6-4(3-13)5(8(10,11)12)15-16(6)7-14-1-2-17-7/h1-2H. The molecule has 0 aromatic carbocycles. The molecule has 88 valence electrons. The van der Waals surface area contributed by atoms with Crippen molar-refractivity contribution in [3.8, 4) is 11.2 Å². The molecule has 0 saturated heterocycles. The molecular formula is C8H2ClF3N4S. The third-order valence-corrected chi connectivity index (χ3v) is 2.91. The number of alkyl halides is 3. The Bertz CT molecular complexity index is 581. The van der Waals surface area contributed by atoms with Crippen molar-refractivity contribution >= 4 is 22.9 Å². The van der Waals surface area contributed by atoms with E-state index < -0.39 is 22.6 Å². The first-order chi connectivity index (χ1) is 7.95. The molecule has 2 heterocycles. The normalized spacial score (nSPS) is 11.5. The molecule has 2 aromatic heterocycles. The van der Waals surface area contributed by atoms with Gasteiger partial charge in [0.15, 0.2) is 10.8 Å². The first-order valence-corrected chi connectivity index (χ1v) is 5.36. The minimum atomic E-state index is -4.72. The van der Waals surface area contributed by atoms with Crippen molar-refractivity contribution in [2.24, 2.45) is 0 Å². The van der Waals surface area contributed by atoms with Gasteiger partial charge in [-0.05, 0) is 0 Å². The molecule has 0 unspecified atom stereocenters. The molecule has 0 aliphatic rings. The lowest BCUT2D eigenvalue weighted by atomic mass is 10.3. The SMILES string of the molecule is N#Cc1c(C(F)(F)F)nn(-c2nccs2)c1Cl. The van der Waals surface area contributed by atoms with Gasteiger partial charge in [-0.15, -0.1) is 11.3 Å². The lowest BCUT2D eigenvalue weighted by Gasteiger charge is -2.00. The van der Waals surface area contributed by atoms with Crippen LogP contribution in [0, 0.1) is 11.3 Å². The van der Waals surface area contributed by atoms with E-state index in [9.17, 15) is 13.2 Å². The highest BCUT2D eigenvalue weighted by atomic mass is 35.5. The summed E-state index contributed by atoms with van der Waals surface area (Å²) in [6.45, 7) is 0. The number of thiazole rings is 1. The molecule has 0 fully saturated rings. The Hall–Kier alpha value is -1.59. The molecule has 0 radical (unpaired) electrons. The summed E-state index contributed by atoms with van der Waals surface area (Å²) in [5, 5.41) is 13.3. The maximum Gasteiger partial charge on any atom is 0.436 e. The van der Waals surface area contributed by atoms with Gasteiger partial charge in [0.1, 0.15) is 11.6 Å². The van der Waals surface area contributed by atoms with Crippen molar-refractivity contribution < 1.29 is 13.2 Å². The van der Waals surface area contributed by atoms with Gasteiger partial charge < -0.3 is 0 Å². The van der Waals surface area contributed by atoms with Gasteiger partial charge in [-0.3, -0.25) is 0 Å². The van der Waals surface area contributed by atoms with E-state index in [-0.39, 0.29) is 5.13 Å². The van der Waals surface area contributed by atoms with Crippen LogP contribution in [0.3, 0.4) is 0 Å². The summed E-state index contributed by atoms with van der Waals surface area (Å²) in [7, 11) is 0. The summed E-state index contributed by atoms with van der Waals surface area (Å²) in [5.41, 5.74) is -2.01. The van der Waals surface area contributed by atoms with Crippen LogP contribution in [0.25, 0.3) is 5.13 Å². The van der Waals surface area contributed by atoms with E-state index in [2.05, 4.69) is 10.1 Å². The molecule has 0 amide bonds. The highest BCUT2D eigenvalue weighted by Gasteiger charge is 2.39. The Morgan fingerprint density at radius 3 is 2.59 bits per heavy atom. The van der Waals surface area contributed by atoms with Gasteiger partial charge >= 0.3 is 6.18 Å². The van der Waals surface area contributed by atoms with Gasteiger partial charge in [0.2, 0.25) is 5.13 Å². The molecule has 0 atom stereocenters. The van der Waals surface area contributed by atoms with Crippen molar-refractivity contribution in [3.63, 3.8) is 0 Å². The summed E-state index contributed by atoms with van der Waals surface area (Å²) in [4.78, 5) is 3.78. The van der Waals surface area contributed by atoms with Crippen molar-refractivity contribution in [3.05, 3.63) is 28.0 Å². The molecule has 0 bridgehead atoms. The molecule has 2 rings (SSSR count). The zero-order valence-corrected chi connectivity index (χ0v) is 9.44. The van der Waals surface area contributed by atoms with Crippen LogP contribution in [0.2, 0.25) is 5.15 Å². The Kier molecular flexibility index (Phi) is 2.81. The van der Waals surface area contributed by atoms with Gasteiger partial charge in [0.25, 0.3) is 0 Å². The first kappa shape index (κ1) is 11.9. The number of aromatic nitrogens is 3. The topological polar surface area (TPSA) is 54.5 Å². The Morgan fingerprint density at radius 1 is 1.47 bits per heavy atom. The van der Waals surface area contributed by atoms with Gasteiger partial charge in [0.05, 0.1) is 0 Å². The molecule has 0 aliphatic carbocycles. The quantitative estimate of drug-likeness (QED) is 0.806. The maximum atomic E-state index is 12.6. The fourth-order valence-electron chi connectivity index (χ4n) is 1.14. The third-order valence-electron chi connectivity index (χ3n) is 1.81. The number of hydrogen-bond acceptors (Lipinski definition) is 4. The van der Waals surface area contributed by atoms with Gasteiger partial charge in [-0.25, -0.2) is 4.98 Å². The summed E-state index contributed by atoms with van der Waals surface area (Å²) in [6.07, 6.45) is -3.32. The zero-order chi connectivity index (χ0) is 12.6. The summed E-state index contributed by atoms with van der Waals surface area (Å²) in [5.74, 6) is 0. The third kappa shape index (κ3) is 1.99. The van der Waals surface area contributed by atoms with Gasteiger partial charge in [-0.2, -0.15) is 28.2 Å². The summed E-state index contributed by atoms with van der Waals surface area (Å²) < 4.78 is 38.5. The van der Waals surface area contributed by atoms with E-state index >= 15 is 0 Å². The lowest BCUT2D eigenvalue weighted by Crippen LogP contribution is -2.08. The van der Waals surface area contributed by atoms with Crippen LogP contribution in [0.1, 0.15) is 11.3 Å². The van der Waals surface area contributed by atoms with Crippen LogP contribution in [-0.4, -0.2) is 14.8 Å². The van der Waals surface area contributed by atoms with Crippen molar-refractivity contribution in [2.75, 3.05) is 0 Å². The van der Waals surface area contributed by atoms with Gasteiger partial charge in [0, 0.05) is 11.6 Å². The highest BCUT2D eigenvalue weighted by molar-refractivity contribution is 7.12. The zero-order valence-electron chi connectivity index (χ0n) is 7.86. The van der Waals surface area contributed by atoms with Crippen LogP contribution in [0.5, 0.6) is 0 Å². The van der Waals surface area contributed by atoms with Crippen LogP contribution < -0.4 is 0 Å². The number of rotatable bonds is 1. The minimum absolute atomic E-state index is 0.169. The predicted octanol–water partition coefficient (Wildman–Crippen LogP) is 2.87. The molecule has 0 aliphatic heterocycles. The summed E-state index contributed by atoms with van der Waals surface area (Å²) >= 11 is 6.73. The van der Waals surface area contributed by atoms with Crippen LogP contribution in [-0.2, 0) is 6.18 Å². The fourth-order valence-corrected chi connectivity index (χ4v) is 2.04. The maximum absolute atomic E-state index is 12.6. The average molecular weight is 279 g/mol. The monoisotopic (exact) mass is 278 g/mol. The molecule has 2 aromatic rings. The van der Waals surface area contributed by atoms with Crippen LogP contribution >= 0.6 is 22.9 Å². The van der Waals surface area contributed by atoms with E-state index in [1.165, 1.54) is 12.3 Å². The highest BCUT2D eigenvalue weighted by Crippen LogP contribution is 2.35. The van der Waals surface area contributed by atoms with E-state index in [1.54, 1.807) is 5.38 Å². The fraction of sp³-hybridized carbons (Fsp3) is 0.125. The molecule has 0 spiro atoms. The molecule has 4 nitrogen and oxygen atoms in total. The molecule has 17 heavy (non-hydrogen) atoms. The summed E-state index contributed by atoms with van der Waals surface area (Å²) in [6, 6.07) is 1.39. The van der Waals surface area contributed by atoms with E-state index in [0.717, 1.165) is 16.0 Å². The Labute approximate surface area is 102 Å². The predicted molar refractivity (Wildman–Crippen MR) is 54.0 cm³/mol. The Morgan fingerprint density at radius 2 is 2.18 bits per heavy atom. The van der Waals surface area contributed by atoms with E-state index in [1.807, 2.05) is 0 Å². The first-order valence-electron chi connectivity index (χ1n) is 4.11. The van der Waals surface area contributed by atoms with Crippen molar-refractivity contribution in [1.29, 1.82) is 5.26 Å². The van der Waals surface area contributed by atoms with Crippen LogP contribution in [0.15, 0.2) is 11.6 Å². The second kappa shape index (κ2) is 4.01. The lowest BCUT2D eigenvalue weighted by molar-refractivity contribution is -0.141. The molecule has 0 saturated carbocycles. The smallest absolute Gasteiger partial charge is 0.227 e. The average Bonchev–Trinajstić information content (AvgIpc) is 2.82. The van der Waals surface area contributed by atoms with E-state index in [0.29, 0.717) is 0 Å². The number of nitriles is 1. The number of hydrogen-bond donors (Lipinski definition) is 0. The van der Waals surface area contributed by atoms with Crippen LogP contribution in [0.4, 0.5) is 13.2 Å². The number of nitrogens with zero attached hydrogens (tertiary/aromatic N) is 4. The second-order valence-electron chi connectivity index (χ2n) is 2.85. The second-order valence-corrected chi connectivity index (χ2v) is 4.08.